The van der Waals surface area contributed by atoms with E-state index in [1.165, 1.54) is 12.8 Å². The number of hydrogen-bond acceptors (Lipinski definition) is 3. The van der Waals surface area contributed by atoms with Gasteiger partial charge in [-0.15, -0.1) is 0 Å². The molecule has 0 saturated heterocycles. The van der Waals surface area contributed by atoms with E-state index in [-0.39, 0.29) is 5.60 Å². The van der Waals surface area contributed by atoms with Crippen molar-refractivity contribution in [3.8, 4) is 0 Å². The van der Waals surface area contributed by atoms with Crippen LogP contribution in [-0.2, 0) is 0 Å². The first kappa shape index (κ1) is 11.3. The summed E-state index contributed by atoms with van der Waals surface area (Å²) in [6, 6.07) is 0. The molecule has 1 saturated carbocycles. The summed E-state index contributed by atoms with van der Waals surface area (Å²) in [5, 5.41) is 10.1. The highest BCUT2D eigenvalue weighted by atomic mass is 32.2. The van der Waals surface area contributed by atoms with Crippen molar-refractivity contribution in [2.24, 2.45) is 0 Å². The molecule has 0 radical (unpaired) electrons. The van der Waals surface area contributed by atoms with E-state index in [9.17, 15) is 5.11 Å². The Hall–Kier alpha value is 0.270. The van der Waals surface area contributed by atoms with Crippen molar-refractivity contribution in [3.63, 3.8) is 0 Å². The van der Waals surface area contributed by atoms with Crippen molar-refractivity contribution in [2.45, 2.75) is 31.3 Å². The molecule has 1 aliphatic rings. The SMILES string of the molecule is CSCCN(C)CC1(O)CCCC1. The Morgan fingerprint density at radius 2 is 2.00 bits per heavy atom. The number of aliphatic hydroxyl groups is 1. The lowest BCUT2D eigenvalue weighted by Gasteiger charge is -2.28. The normalized spacial score (nSPS) is 21.2. The lowest BCUT2D eigenvalue weighted by Crippen LogP contribution is -2.39. The molecule has 1 aliphatic carbocycles. The van der Waals surface area contributed by atoms with Crippen molar-refractivity contribution < 1.29 is 5.11 Å². The van der Waals surface area contributed by atoms with Gasteiger partial charge in [-0.05, 0) is 26.1 Å². The van der Waals surface area contributed by atoms with Crippen LogP contribution < -0.4 is 0 Å². The van der Waals surface area contributed by atoms with E-state index in [2.05, 4.69) is 18.2 Å². The highest BCUT2D eigenvalue weighted by Crippen LogP contribution is 2.29. The van der Waals surface area contributed by atoms with Crippen molar-refractivity contribution >= 4 is 11.8 Å². The lowest BCUT2D eigenvalue weighted by atomic mass is 10.0. The van der Waals surface area contributed by atoms with Crippen LogP contribution in [0.5, 0.6) is 0 Å². The summed E-state index contributed by atoms with van der Waals surface area (Å²) in [6.07, 6.45) is 6.52. The van der Waals surface area contributed by atoms with Crippen molar-refractivity contribution in [3.05, 3.63) is 0 Å². The molecule has 0 aromatic heterocycles. The molecule has 0 aliphatic heterocycles. The summed E-state index contributed by atoms with van der Waals surface area (Å²) in [6.45, 7) is 1.94. The maximum absolute atomic E-state index is 10.1. The van der Waals surface area contributed by atoms with Gasteiger partial charge in [-0.25, -0.2) is 0 Å². The van der Waals surface area contributed by atoms with Gasteiger partial charge in [0, 0.05) is 18.8 Å². The molecule has 0 bridgehead atoms. The fraction of sp³-hybridized carbons (Fsp3) is 1.00. The first-order valence-corrected chi connectivity index (χ1v) is 6.45. The van der Waals surface area contributed by atoms with Gasteiger partial charge in [0.15, 0.2) is 0 Å². The molecule has 1 fully saturated rings. The molecule has 0 atom stereocenters. The quantitative estimate of drug-likeness (QED) is 0.734. The van der Waals surface area contributed by atoms with Crippen LogP contribution >= 0.6 is 11.8 Å². The third kappa shape index (κ3) is 3.88. The third-order valence-electron chi connectivity index (χ3n) is 2.78. The van der Waals surface area contributed by atoms with Gasteiger partial charge in [-0.2, -0.15) is 11.8 Å². The topological polar surface area (TPSA) is 23.5 Å². The highest BCUT2D eigenvalue weighted by Gasteiger charge is 2.31. The van der Waals surface area contributed by atoms with Gasteiger partial charge in [0.25, 0.3) is 0 Å². The van der Waals surface area contributed by atoms with Gasteiger partial charge in [-0.1, -0.05) is 12.8 Å². The zero-order chi connectivity index (χ0) is 9.73. The average Bonchev–Trinajstić information content (AvgIpc) is 2.48. The molecule has 13 heavy (non-hydrogen) atoms. The molecule has 78 valence electrons. The summed E-state index contributed by atoms with van der Waals surface area (Å²) < 4.78 is 0. The molecule has 0 amide bonds. The Morgan fingerprint density at radius 3 is 2.54 bits per heavy atom. The second kappa shape index (κ2) is 5.23. The summed E-state index contributed by atoms with van der Waals surface area (Å²) in [5.74, 6) is 1.16. The minimum Gasteiger partial charge on any atom is -0.389 e. The first-order chi connectivity index (χ1) is 6.16. The van der Waals surface area contributed by atoms with Crippen LogP contribution in [-0.4, -0.2) is 47.8 Å². The lowest BCUT2D eigenvalue weighted by molar-refractivity contribution is 0.0180. The van der Waals surface area contributed by atoms with Crippen LogP contribution in [0, 0.1) is 0 Å². The van der Waals surface area contributed by atoms with E-state index in [0.29, 0.717) is 0 Å². The van der Waals surface area contributed by atoms with Crippen LogP contribution in [0.2, 0.25) is 0 Å². The molecule has 0 aromatic rings. The van der Waals surface area contributed by atoms with Crippen LogP contribution in [0.1, 0.15) is 25.7 Å². The summed E-state index contributed by atoms with van der Waals surface area (Å²) >= 11 is 1.86. The zero-order valence-electron chi connectivity index (χ0n) is 8.75. The number of likely N-dealkylation sites (N-methyl/N-ethyl adjacent to an activating group) is 1. The predicted octanol–water partition coefficient (Wildman–Crippen LogP) is 1.59. The predicted molar refractivity (Wildman–Crippen MR) is 59.3 cm³/mol. The van der Waals surface area contributed by atoms with E-state index < -0.39 is 0 Å². The number of nitrogens with zero attached hydrogens (tertiary/aromatic N) is 1. The molecule has 1 N–H and O–H groups in total. The number of thioether (sulfide) groups is 1. The largest absolute Gasteiger partial charge is 0.389 e. The summed E-state index contributed by atoms with van der Waals surface area (Å²) in [5.41, 5.74) is -0.368. The molecular weight excluding hydrogens is 182 g/mol. The van der Waals surface area contributed by atoms with Crippen LogP contribution in [0.15, 0.2) is 0 Å². The van der Waals surface area contributed by atoms with Crippen molar-refractivity contribution in [1.82, 2.24) is 4.90 Å². The van der Waals surface area contributed by atoms with E-state index >= 15 is 0 Å². The summed E-state index contributed by atoms with van der Waals surface area (Å²) in [4.78, 5) is 2.25. The fourth-order valence-corrected chi connectivity index (χ4v) is 2.51. The van der Waals surface area contributed by atoms with Gasteiger partial charge in [-0.3, -0.25) is 0 Å². The maximum atomic E-state index is 10.1. The minimum atomic E-state index is -0.368. The van der Waals surface area contributed by atoms with E-state index in [0.717, 1.165) is 31.7 Å². The zero-order valence-corrected chi connectivity index (χ0v) is 9.57. The van der Waals surface area contributed by atoms with Crippen LogP contribution in [0.3, 0.4) is 0 Å². The molecular formula is C10H21NOS. The third-order valence-corrected chi connectivity index (χ3v) is 3.37. The first-order valence-electron chi connectivity index (χ1n) is 5.06. The number of rotatable bonds is 5. The second-order valence-electron chi connectivity index (χ2n) is 4.16. The molecule has 0 heterocycles. The molecule has 0 spiro atoms. The standard InChI is InChI=1S/C10H21NOS/c1-11(7-8-13-2)9-10(12)5-3-4-6-10/h12H,3-9H2,1-2H3. The average molecular weight is 203 g/mol. The van der Waals surface area contributed by atoms with E-state index in [4.69, 9.17) is 0 Å². The Kier molecular flexibility index (Phi) is 4.56. The van der Waals surface area contributed by atoms with Gasteiger partial charge < -0.3 is 10.0 Å². The second-order valence-corrected chi connectivity index (χ2v) is 5.15. The van der Waals surface area contributed by atoms with Gasteiger partial charge >= 0.3 is 0 Å². The Labute approximate surface area is 85.7 Å². The van der Waals surface area contributed by atoms with E-state index in [1.54, 1.807) is 0 Å². The molecule has 3 heteroatoms. The number of hydrogen-bond donors (Lipinski definition) is 1. The van der Waals surface area contributed by atoms with Crippen molar-refractivity contribution in [1.29, 1.82) is 0 Å². The Morgan fingerprint density at radius 1 is 1.38 bits per heavy atom. The van der Waals surface area contributed by atoms with Gasteiger partial charge in [0.2, 0.25) is 0 Å². The van der Waals surface area contributed by atoms with Gasteiger partial charge in [0.1, 0.15) is 0 Å². The van der Waals surface area contributed by atoms with E-state index in [1.807, 2.05) is 11.8 Å². The Balaban J connectivity index is 2.21. The summed E-state index contributed by atoms with van der Waals surface area (Å²) in [7, 11) is 2.10. The highest BCUT2D eigenvalue weighted by molar-refractivity contribution is 7.98. The molecule has 0 aromatic carbocycles. The van der Waals surface area contributed by atoms with Gasteiger partial charge in [0.05, 0.1) is 5.60 Å². The maximum Gasteiger partial charge on any atom is 0.0774 e. The smallest absolute Gasteiger partial charge is 0.0774 e. The van der Waals surface area contributed by atoms with Crippen molar-refractivity contribution in [2.75, 3.05) is 32.1 Å². The fourth-order valence-electron chi connectivity index (χ4n) is 2.02. The van der Waals surface area contributed by atoms with Crippen LogP contribution in [0.25, 0.3) is 0 Å². The molecule has 2 nitrogen and oxygen atoms in total. The molecule has 1 rings (SSSR count). The molecule has 0 unspecified atom stereocenters. The minimum absolute atomic E-state index is 0.368. The Bertz CT molecular complexity index is 146. The van der Waals surface area contributed by atoms with Crippen LogP contribution in [0.4, 0.5) is 0 Å². The monoisotopic (exact) mass is 203 g/mol.